The number of aryl methyl sites for hydroxylation is 1. The number of nitrogens with zero attached hydrogens (tertiary/aromatic N) is 4. The summed E-state index contributed by atoms with van der Waals surface area (Å²) < 4.78 is 21.9. The molecular formula is C48H50FN9O10. The summed E-state index contributed by atoms with van der Waals surface area (Å²) in [6.45, 7) is 5.05. The first-order chi connectivity index (χ1) is 32.6. The van der Waals surface area contributed by atoms with Crippen LogP contribution in [0.2, 0.25) is 0 Å². The highest BCUT2D eigenvalue weighted by atomic mass is 19.1. The van der Waals surface area contributed by atoms with Gasteiger partial charge in [0.05, 0.1) is 48.6 Å². The van der Waals surface area contributed by atoms with Gasteiger partial charge in [0.2, 0.25) is 23.6 Å². The van der Waals surface area contributed by atoms with Crippen LogP contribution in [0, 0.1) is 12.7 Å². The minimum atomic E-state index is -1.98. The summed E-state index contributed by atoms with van der Waals surface area (Å²) in [5.41, 5.74) is 3.85. The number of carbonyl (C=O) groups is 6. The molecule has 0 saturated carbocycles. The summed E-state index contributed by atoms with van der Waals surface area (Å²) in [5.74, 6) is -3.78. The lowest BCUT2D eigenvalue weighted by Gasteiger charge is -2.36. The number of cyclic esters (lactones) is 1. The quantitative estimate of drug-likeness (QED) is 0.0729. The van der Waals surface area contributed by atoms with E-state index < -0.39 is 72.8 Å². The van der Waals surface area contributed by atoms with Gasteiger partial charge in [0.1, 0.15) is 18.5 Å². The topological polar surface area (TPSA) is 254 Å². The fourth-order valence-electron chi connectivity index (χ4n) is 8.81. The second-order valence-electron chi connectivity index (χ2n) is 17.0. The standard InChI is InChI=1S/C48H50FN9O10/c1-3-48(67)35-19-39-43-33(25-58(39)45(63)34(35)26-68-46(48)64)32(31-17-27(2)36(49)20-37(31)55-43)24-56-13-15-57(16-14-56)30-11-9-29(10-12-30)53-41(60)23-51-44(62)38(18-28-7-5-4-6-8-28)54-42(61)22-50-40(59)21-52-47(65)66/h4-12,17,19-20,38,52,67H,3,13-16,18,21-26H2,1-2H3,(H,50,59)(H,51,62)(H,53,60)(H,54,61)(H,65,66)/t38-,48-/m0/s1. The molecule has 3 aliphatic rings. The van der Waals surface area contributed by atoms with Gasteiger partial charge in [-0.2, -0.15) is 0 Å². The smallest absolute Gasteiger partial charge is 0.405 e. The van der Waals surface area contributed by atoms with Crippen molar-refractivity contribution >= 4 is 58.0 Å². The zero-order valence-electron chi connectivity index (χ0n) is 37.3. The number of anilines is 2. The van der Waals surface area contributed by atoms with Gasteiger partial charge in [-0.05, 0) is 66.4 Å². The van der Waals surface area contributed by atoms with E-state index >= 15 is 4.39 Å². The van der Waals surface area contributed by atoms with Crippen molar-refractivity contribution in [2.45, 2.75) is 58.0 Å². The maximum atomic E-state index is 15.0. The maximum absolute atomic E-state index is 15.0. The van der Waals surface area contributed by atoms with E-state index in [1.165, 1.54) is 6.07 Å². The molecule has 19 nitrogen and oxygen atoms in total. The Labute approximate surface area is 388 Å². The number of fused-ring (bicyclic) bond motifs is 5. The Morgan fingerprint density at radius 3 is 2.28 bits per heavy atom. The number of amides is 5. The van der Waals surface area contributed by atoms with Gasteiger partial charge in [-0.3, -0.25) is 28.9 Å². The number of pyridine rings is 2. The van der Waals surface area contributed by atoms with E-state index in [0.717, 1.165) is 27.8 Å². The molecule has 0 bridgehead atoms. The number of aromatic nitrogens is 2. The van der Waals surface area contributed by atoms with E-state index in [9.17, 15) is 38.7 Å². The van der Waals surface area contributed by atoms with Gasteiger partial charge < -0.3 is 51.0 Å². The van der Waals surface area contributed by atoms with Crippen LogP contribution in [0.25, 0.3) is 22.3 Å². The Kier molecular flexibility index (Phi) is 13.5. The number of hydrogen-bond donors (Lipinski definition) is 7. The fraction of sp³-hybridized carbons (Fsp3) is 0.333. The van der Waals surface area contributed by atoms with Gasteiger partial charge in [-0.1, -0.05) is 37.3 Å². The van der Waals surface area contributed by atoms with Gasteiger partial charge in [0.25, 0.3) is 5.56 Å². The number of benzene rings is 3. The van der Waals surface area contributed by atoms with Gasteiger partial charge in [0, 0.05) is 73.1 Å². The number of hydrogen-bond acceptors (Lipinski definition) is 12. The second-order valence-corrected chi connectivity index (χ2v) is 17.0. The van der Waals surface area contributed by atoms with E-state index in [0.29, 0.717) is 60.9 Å². The molecule has 3 aliphatic heterocycles. The van der Waals surface area contributed by atoms with Crippen LogP contribution >= 0.6 is 0 Å². The Bertz CT molecular complexity index is 2890. The number of halogens is 1. The van der Waals surface area contributed by atoms with Crippen molar-refractivity contribution in [3.8, 4) is 11.4 Å². The molecule has 1 fully saturated rings. The molecule has 5 heterocycles. The lowest BCUT2D eigenvalue weighted by molar-refractivity contribution is -0.172. The first kappa shape index (κ1) is 46.8. The van der Waals surface area contributed by atoms with E-state index in [1.807, 2.05) is 17.4 Å². The van der Waals surface area contributed by atoms with E-state index in [1.54, 1.807) is 73.0 Å². The van der Waals surface area contributed by atoms with Crippen molar-refractivity contribution in [3.63, 3.8) is 0 Å². The number of carboxylic acid groups (broad SMARTS) is 1. The predicted molar refractivity (Wildman–Crippen MR) is 246 cm³/mol. The van der Waals surface area contributed by atoms with E-state index in [2.05, 4.69) is 31.1 Å². The van der Waals surface area contributed by atoms with Crippen LogP contribution in [0.15, 0.2) is 77.6 Å². The Morgan fingerprint density at radius 2 is 1.57 bits per heavy atom. The SMILES string of the molecule is CC[C@@]1(O)C(=O)OCc2c1cc1n(c2=O)Cc2c-1nc1cc(F)c(C)cc1c2CN1CCN(c2ccc(NC(=O)CNC(=O)[C@H](Cc3ccccc3)NC(=O)CNC(=O)CNC(=O)O)cc2)CC1. The molecule has 0 radical (unpaired) electrons. The molecule has 0 unspecified atom stereocenters. The van der Waals surface area contributed by atoms with Crippen LogP contribution in [0.3, 0.4) is 0 Å². The van der Waals surface area contributed by atoms with Crippen LogP contribution < -0.4 is 37.0 Å². The fourth-order valence-corrected chi connectivity index (χ4v) is 8.81. The predicted octanol–water partition coefficient (Wildman–Crippen LogP) is 2.02. The molecule has 354 valence electrons. The maximum Gasteiger partial charge on any atom is 0.405 e. The average molecular weight is 932 g/mol. The highest BCUT2D eigenvalue weighted by Gasteiger charge is 2.45. The van der Waals surface area contributed by atoms with E-state index in [-0.39, 0.29) is 42.7 Å². The van der Waals surface area contributed by atoms with Gasteiger partial charge in [-0.25, -0.2) is 19.0 Å². The third-order valence-electron chi connectivity index (χ3n) is 12.6. The number of esters is 1. The van der Waals surface area contributed by atoms with Crippen molar-refractivity contribution < 1.29 is 48.1 Å². The second kappa shape index (κ2) is 19.6. The molecule has 8 rings (SSSR count). The highest BCUT2D eigenvalue weighted by Crippen LogP contribution is 2.41. The summed E-state index contributed by atoms with van der Waals surface area (Å²) in [4.78, 5) is 97.4. The van der Waals surface area contributed by atoms with Crippen molar-refractivity contribution in [2.24, 2.45) is 0 Å². The van der Waals surface area contributed by atoms with E-state index in [4.69, 9.17) is 14.8 Å². The van der Waals surface area contributed by atoms with Crippen LogP contribution in [0.4, 0.5) is 20.6 Å². The van der Waals surface area contributed by atoms with Gasteiger partial charge in [-0.15, -0.1) is 0 Å². The number of nitrogens with one attached hydrogen (secondary N) is 5. The minimum absolute atomic E-state index is 0.0119. The molecule has 3 aromatic carbocycles. The first-order valence-corrected chi connectivity index (χ1v) is 22.1. The Hall–Kier alpha value is -7.71. The minimum Gasteiger partial charge on any atom is -0.465 e. The average Bonchev–Trinajstić information content (AvgIpc) is 3.70. The monoisotopic (exact) mass is 931 g/mol. The number of rotatable bonds is 15. The number of piperazine rings is 1. The molecule has 2 atom stereocenters. The third kappa shape index (κ3) is 9.86. The molecule has 68 heavy (non-hydrogen) atoms. The van der Waals surface area contributed by atoms with Crippen LogP contribution in [0.5, 0.6) is 0 Å². The largest absolute Gasteiger partial charge is 0.465 e. The molecule has 5 amide bonds. The van der Waals surface area contributed by atoms with Gasteiger partial charge >= 0.3 is 12.1 Å². The summed E-state index contributed by atoms with van der Waals surface area (Å²) >= 11 is 0. The summed E-state index contributed by atoms with van der Waals surface area (Å²) in [6.07, 6.45) is -1.29. The third-order valence-corrected chi connectivity index (χ3v) is 12.6. The van der Waals surface area contributed by atoms with Gasteiger partial charge in [0.15, 0.2) is 5.60 Å². The van der Waals surface area contributed by atoms with Crippen LogP contribution in [-0.4, -0.2) is 112 Å². The van der Waals surface area contributed by atoms with Crippen molar-refractivity contribution in [2.75, 3.05) is 56.0 Å². The molecule has 5 aromatic rings. The summed E-state index contributed by atoms with van der Waals surface area (Å²) in [7, 11) is 0. The normalized spacial score (nSPS) is 16.7. The highest BCUT2D eigenvalue weighted by molar-refractivity contribution is 5.97. The zero-order valence-corrected chi connectivity index (χ0v) is 37.3. The van der Waals surface area contributed by atoms with Crippen molar-refractivity contribution in [3.05, 3.63) is 122 Å². The number of carbonyl (C=O) groups excluding carboxylic acids is 5. The van der Waals surface area contributed by atoms with Crippen molar-refractivity contribution in [1.29, 1.82) is 0 Å². The molecule has 0 aliphatic carbocycles. The summed E-state index contributed by atoms with van der Waals surface area (Å²) in [6, 6.07) is 19.9. The first-order valence-electron chi connectivity index (χ1n) is 22.1. The van der Waals surface area contributed by atoms with Crippen LogP contribution in [-0.2, 0) is 60.4 Å². The molecular weight excluding hydrogens is 882 g/mol. The lowest BCUT2D eigenvalue weighted by Crippen LogP contribution is -2.52. The number of ether oxygens (including phenoxy) is 1. The lowest BCUT2D eigenvalue weighted by atomic mass is 9.86. The number of aliphatic hydroxyl groups is 1. The molecule has 0 spiro atoms. The Morgan fingerprint density at radius 1 is 0.868 bits per heavy atom. The molecule has 2 aromatic heterocycles. The summed E-state index contributed by atoms with van der Waals surface area (Å²) in [5, 5.41) is 32.9. The van der Waals surface area contributed by atoms with Crippen molar-refractivity contribution in [1.82, 2.24) is 35.7 Å². The molecule has 20 heteroatoms. The molecule has 1 saturated heterocycles. The zero-order chi connectivity index (χ0) is 48.3. The Balaban J connectivity index is 0.886. The molecule has 7 N–H and O–H groups in total. The van der Waals surface area contributed by atoms with Crippen LogP contribution in [0.1, 0.15) is 46.7 Å².